The van der Waals surface area contributed by atoms with E-state index >= 15 is 0 Å². The van der Waals surface area contributed by atoms with E-state index in [9.17, 15) is 1.37 Å². The van der Waals surface area contributed by atoms with Gasteiger partial charge in [0.2, 0.25) is 20.4 Å². The van der Waals surface area contributed by atoms with E-state index in [1.165, 1.54) is 38.9 Å². The highest BCUT2D eigenvalue weighted by Crippen LogP contribution is 2.35. The predicted octanol–water partition coefficient (Wildman–Crippen LogP) is 8.73. The molecule has 14 aliphatic rings. The number of hydrogen-bond acceptors (Lipinski definition) is 6. The zero-order chi connectivity index (χ0) is 34.6. The minimum absolute atomic E-state index is 0.00884. The van der Waals surface area contributed by atoms with Gasteiger partial charge in [-0.05, 0) is 178 Å². The quantitative estimate of drug-likeness (QED) is 0.161. The molecular formula is C45H36O6. The fourth-order valence-corrected chi connectivity index (χ4v) is 7.81. The van der Waals surface area contributed by atoms with Crippen molar-refractivity contribution in [3.05, 3.63) is 176 Å². The van der Waals surface area contributed by atoms with Crippen LogP contribution in [0.1, 0.15) is 68.1 Å². The minimum atomic E-state index is -0.00884. The van der Waals surface area contributed by atoms with Crippen LogP contribution >= 0.6 is 0 Å². The Kier molecular flexibility index (Phi) is 7.07. The first kappa shape index (κ1) is 28.9. The highest BCUT2D eigenvalue weighted by atomic mass is 16.7. The molecule has 0 fully saturated rings. The normalized spacial score (nSPS) is 15.6. The second kappa shape index (κ2) is 12.5. The fourth-order valence-electron chi connectivity index (χ4n) is 7.81. The molecule has 0 spiro atoms. The molecule has 6 aromatic rings. The Morgan fingerprint density at radius 2 is 0.510 bits per heavy atom. The van der Waals surface area contributed by atoms with E-state index < -0.39 is 0 Å². The van der Waals surface area contributed by atoms with Gasteiger partial charge in [-0.2, -0.15) is 0 Å². The molecule has 6 aromatic carbocycles. The highest BCUT2D eigenvalue weighted by molar-refractivity contribution is 5.52. The van der Waals surface area contributed by atoms with Crippen LogP contribution in [0.25, 0.3) is 0 Å². The molecule has 0 radical (unpaired) electrons. The van der Waals surface area contributed by atoms with Gasteiger partial charge in [0.15, 0.2) is 0 Å². The average molecular weight is 674 g/mol. The van der Waals surface area contributed by atoms with Crippen LogP contribution < -0.4 is 28.4 Å². The summed E-state index contributed by atoms with van der Waals surface area (Å²) in [5, 5.41) is 0. The van der Waals surface area contributed by atoms with Crippen LogP contribution in [0.15, 0.2) is 109 Å². The molecule has 12 aliphatic heterocycles. The molecule has 6 heteroatoms. The number of benzene rings is 6. The van der Waals surface area contributed by atoms with Crippen molar-refractivity contribution < 1.29 is 29.8 Å². The lowest BCUT2D eigenvalue weighted by Crippen LogP contribution is -2.08. The van der Waals surface area contributed by atoms with Gasteiger partial charge in [-0.15, -0.1) is 0 Å². The van der Waals surface area contributed by atoms with Gasteiger partial charge in [-0.1, -0.05) is 36.4 Å². The standard InChI is InChI=1S/C45H36O6/c1-7-40-19-34-14-29-2-8-43-21-36(29)15-30-3-9-41(20-35(30)13-28(1)34)48-26-49-44-11-5-32-16-37-22-42(47-25-46-40)10-4-31(37)17-38-24-45(51-27-50-43)12-6-33(38)18-39(32)23-44/h1-12,19-24H,13-18,25-27H2/i19D. The molecule has 0 saturated heterocycles. The van der Waals surface area contributed by atoms with Crippen molar-refractivity contribution in [1.29, 1.82) is 0 Å². The molecular weight excluding hydrogens is 636 g/mol. The van der Waals surface area contributed by atoms with Crippen molar-refractivity contribution in [1.82, 2.24) is 0 Å². The Morgan fingerprint density at radius 3 is 0.824 bits per heavy atom. The lowest BCUT2D eigenvalue weighted by molar-refractivity contribution is 0.119. The molecule has 18 bridgehead atoms. The number of hydrogen-bond donors (Lipinski definition) is 0. The first-order valence-corrected chi connectivity index (χ1v) is 17.6. The lowest BCUT2D eigenvalue weighted by Gasteiger charge is -2.17. The van der Waals surface area contributed by atoms with Gasteiger partial charge < -0.3 is 28.4 Å². The van der Waals surface area contributed by atoms with Crippen LogP contribution in [0.5, 0.6) is 34.5 Å². The third-order valence-electron chi connectivity index (χ3n) is 10.6. The summed E-state index contributed by atoms with van der Waals surface area (Å²) in [4.78, 5) is 0. The fraction of sp³-hybridized carbons (Fsp3) is 0.200. The first-order valence-electron chi connectivity index (χ1n) is 18.1. The summed E-state index contributed by atoms with van der Waals surface area (Å²) in [6.07, 6.45) is 4.18. The molecule has 6 nitrogen and oxygen atoms in total. The van der Waals surface area contributed by atoms with Gasteiger partial charge in [0.1, 0.15) is 34.5 Å². The van der Waals surface area contributed by atoms with Gasteiger partial charge in [-0.25, -0.2) is 0 Å². The van der Waals surface area contributed by atoms with Crippen LogP contribution in [0, 0.1) is 0 Å². The van der Waals surface area contributed by atoms with Crippen molar-refractivity contribution in [2.45, 2.75) is 38.5 Å². The molecule has 20 rings (SSSR count). The molecule has 12 heterocycles. The summed E-state index contributed by atoms with van der Waals surface area (Å²) in [6.45, 7) is 0.150. The minimum Gasteiger partial charge on any atom is -0.457 e. The third-order valence-corrected chi connectivity index (χ3v) is 10.6. The van der Waals surface area contributed by atoms with Crippen molar-refractivity contribution in [3.63, 3.8) is 0 Å². The molecule has 0 unspecified atom stereocenters. The topological polar surface area (TPSA) is 55.4 Å². The summed E-state index contributed by atoms with van der Waals surface area (Å²) < 4.78 is 46.9. The largest absolute Gasteiger partial charge is 0.457 e. The van der Waals surface area contributed by atoms with Crippen molar-refractivity contribution in [3.8, 4) is 34.5 Å². The summed E-state index contributed by atoms with van der Waals surface area (Å²) in [5.41, 5.74) is 13.9. The summed E-state index contributed by atoms with van der Waals surface area (Å²) in [6, 6.07) is 35.9. The Bertz CT molecular complexity index is 2350. The van der Waals surface area contributed by atoms with Crippen LogP contribution in [-0.4, -0.2) is 20.4 Å². The van der Waals surface area contributed by atoms with Gasteiger partial charge in [0.25, 0.3) is 0 Å². The monoisotopic (exact) mass is 673 g/mol. The van der Waals surface area contributed by atoms with Gasteiger partial charge in [0, 0.05) is 0 Å². The molecule has 0 atom stereocenters. The van der Waals surface area contributed by atoms with E-state index in [1.807, 2.05) is 36.4 Å². The number of rotatable bonds is 0. The Labute approximate surface area is 298 Å². The maximum atomic E-state index is 9.37. The Hall–Kier alpha value is -5.88. The molecule has 0 amide bonds. The van der Waals surface area contributed by atoms with Gasteiger partial charge in [-0.3, -0.25) is 0 Å². The Morgan fingerprint density at radius 1 is 0.275 bits per heavy atom. The summed E-state index contributed by atoms with van der Waals surface area (Å²) in [5.74, 6) is 4.22. The van der Waals surface area contributed by atoms with E-state index in [4.69, 9.17) is 28.4 Å². The predicted molar refractivity (Wildman–Crippen MR) is 194 cm³/mol. The zero-order valence-electron chi connectivity index (χ0n) is 29.1. The first-order chi connectivity index (χ1) is 25.6. The van der Waals surface area contributed by atoms with E-state index in [1.54, 1.807) is 0 Å². The van der Waals surface area contributed by atoms with E-state index in [2.05, 4.69) is 66.7 Å². The molecule has 252 valence electrons. The van der Waals surface area contributed by atoms with E-state index in [-0.39, 0.29) is 20.4 Å². The van der Waals surface area contributed by atoms with Crippen molar-refractivity contribution in [2.24, 2.45) is 0 Å². The zero-order valence-corrected chi connectivity index (χ0v) is 28.1. The summed E-state index contributed by atoms with van der Waals surface area (Å²) in [7, 11) is 0. The second-order valence-electron chi connectivity index (χ2n) is 13.8. The summed E-state index contributed by atoms with van der Waals surface area (Å²) >= 11 is 0. The van der Waals surface area contributed by atoms with Crippen molar-refractivity contribution in [2.75, 3.05) is 20.4 Å². The maximum Gasteiger partial charge on any atom is 0.230 e. The average Bonchev–Trinajstić information content (AvgIpc) is 3.25. The molecule has 0 N–H and O–H groups in total. The molecule has 51 heavy (non-hydrogen) atoms. The highest BCUT2D eigenvalue weighted by Gasteiger charge is 2.20. The SMILES string of the molecule is [2H]c1c2ccc3c1Cc1ccc4cc1Cc1ccc(cc1C3)OCOc1ccc3c(c1)Cc1ccc(cc1Cc1ccc(cc1C3)OCO2)OCO4. The third kappa shape index (κ3) is 6.01. The second-order valence-corrected chi connectivity index (χ2v) is 13.8. The van der Waals surface area contributed by atoms with Crippen LogP contribution in [-0.2, 0) is 38.5 Å². The molecule has 0 aromatic heterocycles. The molecule has 2 aliphatic carbocycles. The van der Waals surface area contributed by atoms with E-state index in [0.717, 1.165) is 75.8 Å². The lowest BCUT2D eigenvalue weighted by atomic mass is 9.94. The van der Waals surface area contributed by atoms with Crippen molar-refractivity contribution >= 4 is 0 Å². The molecule has 0 saturated carbocycles. The smallest absolute Gasteiger partial charge is 0.230 e. The number of ether oxygens (including phenoxy) is 6. The maximum absolute atomic E-state index is 9.37. The van der Waals surface area contributed by atoms with E-state index in [0.29, 0.717) is 31.1 Å². The van der Waals surface area contributed by atoms with Crippen LogP contribution in [0.2, 0.25) is 0 Å². The van der Waals surface area contributed by atoms with Crippen LogP contribution in [0.3, 0.4) is 0 Å². The van der Waals surface area contributed by atoms with Gasteiger partial charge in [0.05, 0.1) is 1.37 Å². The van der Waals surface area contributed by atoms with Crippen LogP contribution in [0.4, 0.5) is 0 Å². The van der Waals surface area contributed by atoms with Gasteiger partial charge >= 0.3 is 0 Å². The Balaban J connectivity index is 1.18.